The van der Waals surface area contributed by atoms with Crippen LogP contribution in [0.2, 0.25) is 0 Å². The van der Waals surface area contributed by atoms with Crippen LogP contribution in [0, 0.1) is 0 Å². The molecule has 0 bridgehead atoms. The van der Waals surface area contributed by atoms with Crippen LogP contribution in [0.25, 0.3) is 10.9 Å². The predicted molar refractivity (Wildman–Crippen MR) is 126 cm³/mol. The maximum Gasteiger partial charge on any atom is 0.224 e. The number of fused-ring (bicyclic) bond motifs is 1. The maximum atomic E-state index is 12.7. The highest BCUT2D eigenvalue weighted by Crippen LogP contribution is 2.30. The molecule has 0 unspecified atom stereocenters. The summed E-state index contributed by atoms with van der Waals surface area (Å²) in [4.78, 5) is 17.5. The second kappa shape index (κ2) is 13.3. The maximum absolute atomic E-state index is 12.7. The summed E-state index contributed by atoms with van der Waals surface area (Å²) in [5, 5.41) is 4.31. The summed E-state index contributed by atoms with van der Waals surface area (Å²) in [5.41, 5.74) is 4.30. The number of aryl methyl sites for hydroxylation is 1. The lowest BCUT2D eigenvalue weighted by Crippen LogP contribution is -2.15. The standard InChI is InChI=1S/C26H40N2O/c1-4-7-8-9-10-11-12-13-14-20-25(29)28-26-21(6-3)23(17-5-2)27-24-19-16-15-18-22(24)26/h15-16,18-19H,4-14,17,20H2,1-3H3,(H,27,28,29). The Kier molecular flexibility index (Phi) is 10.8. The number of anilines is 1. The van der Waals surface area contributed by atoms with Gasteiger partial charge in [0.2, 0.25) is 5.91 Å². The van der Waals surface area contributed by atoms with Gasteiger partial charge in [-0.15, -0.1) is 0 Å². The highest BCUT2D eigenvalue weighted by molar-refractivity contribution is 6.02. The van der Waals surface area contributed by atoms with Crippen molar-refractivity contribution in [1.82, 2.24) is 4.98 Å². The minimum atomic E-state index is 0.140. The van der Waals surface area contributed by atoms with Gasteiger partial charge in [-0.2, -0.15) is 0 Å². The fraction of sp³-hybridized carbons (Fsp3) is 0.615. The van der Waals surface area contributed by atoms with E-state index >= 15 is 0 Å². The first-order valence-corrected chi connectivity index (χ1v) is 11.9. The number of rotatable bonds is 14. The van der Waals surface area contributed by atoms with Gasteiger partial charge in [0.15, 0.2) is 0 Å². The summed E-state index contributed by atoms with van der Waals surface area (Å²) in [6.07, 6.45) is 15.0. The van der Waals surface area contributed by atoms with E-state index in [1.165, 1.54) is 50.5 Å². The van der Waals surface area contributed by atoms with Gasteiger partial charge < -0.3 is 5.32 Å². The number of para-hydroxylation sites is 1. The largest absolute Gasteiger partial charge is 0.325 e. The molecular formula is C26H40N2O. The summed E-state index contributed by atoms with van der Waals surface area (Å²) in [7, 11) is 0. The number of carbonyl (C=O) groups excluding carboxylic acids is 1. The number of aromatic nitrogens is 1. The summed E-state index contributed by atoms with van der Waals surface area (Å²) in [6, 6.07) is 8.17. The van der Waals surface area contributed by atoms with Crippen molar-refractivity contribution in [3.63, 3.8) is 0 Å². The van der Waals surface area contributed by atoms with E-state index in [1.54, 1.807) is 0 Å². The average Bonchev–Trinajstić information content (AvgIpc) is 2.73. The van der Waals surface area contributed by atoms with Gasteiger partial charge in [-0.3, -0.25) is 9.78 Å². The van der Waals surface area contributed by atoms with Crippen molar-refractivity contribution < 1.29 is 4.79 Å². The van der Waals surface area contributed by atoms with E-state index in [9.17, 15) is 4.79 Å². The highest BCUT2D eigenvalue weighted by atomic mass is 16.1. The Morgan fingerprint density at radius 1 is 0.862 bits per heavy atom. The molecule has 0 aliphatic heterocycles. The molecule has 0 saturated carbocycles. The lowest BCUT2D eigenvalue weighted by atomic mass is 10.0. The van der Waals surface area contributed by atoms with Crippen LogP contribution in [0.5, 0.6) is 0 Å². The molecule has 1 amide bonds. The Morgan fingerprint density at radius 3 is 2.17 bits per heavy atom. The zero-order valence-corrected chi connectivity index (χ0v) is 18.9. The van der Waals surface area contributed by atoms with E-state index in [0.29, 0.717) is 6.42 Å². The van der Waals surface area contributed by atoms with Gasteiger partial charge in [0.1, 0.15) is 0 Å². The predicted octanol–water partition coefficient (Wildman–Crippen LogP) is 7.61. The molecule has 0 radical (unpaired) electrons. The molecule has 0 saturated heterocycles. The number of carbonyl (C=O) groups is 1. The topological polar surface area (TPSA) is 42.0 Å². The number of hydrogen-bond donors (Lipinski definition) is 1. The number of amides is 1. The van der Waals surface area contributed by atoms with Crippen molar-refractivity contribution in [3.05, 3.63) is 35.5 Å². The molecule has 3 heteroatoms. The van der Waals surface area contributed by atoms with Crippen molar-refractivity contribution >= 4 is 22.5 Å². The first kappa shape index (κ1) is 23.4. The molecule has 3 nitrogen and oxygen atoms in total. The third-order valence-corrected chi connectivity index (χ3v) is 5.69. The van der Waals surface area contributed by atoms with Gasteiger partial charge in [-0.05, 0) is 30.9 Å². The fourth-order valence-electron chi connectivity index (χ4n) is 4.07. The zero-order valence-electron chi connectivity index (χ0n) is 18.9. The van der Waals surface area contributed by atoms with Gasteiger partial charge in [0.25, 0.3) is 0 Å². The van der Waals surface area contributed by atoms with Crippen molar-refractivity contribution in [1.29, 1.82) is 0 Å². The number of pyridine rings is 1. The third-order valence-electron chi connectivity index (χ3n) is 5.69. The Morgan fingerprint density at radius 2 is 1.52 bits per heavy atom. The van der Waals surface area contributed by atoms with Crippen LogP contribution in [0.1, 0.15) is 103 Å². The smallest absolute Gasteiger partial charge is 0.224 e. The molecule has 2 rings (SSSR count). The van der Waals surface area contributed by atoms with Gasteiger partial charge >= 0.3 is 0 Å². The van der Waals surface area contributed by atoms with E-state index in [-0.39, 0.29) is 5.91 Å². The van der Waals surface area contributed by atoms with Crippen LogP contribution in [0.3, 0.4) is 0 Å². The Labute approximate surface area is 177 Å². The Hall–Kier alpha value is -1.90. The van der Waals surface area contributed by atoms with Crippen LogP contribution in [-0.4, -0.2) is 10.9 Å². The van der Waals surface area contributed by atoms with E-state index in [2.05, 4.69) is 32.2 Å². The summed E-state index contributed by atoms with van der Waals surface area (Å²) >= 11 is 0. The summed E-state index contributed by atoms with van der Waals surface area (Å²) in [5.74, 6) is 0.140. The molecule has 2 aromatic rings. The molecule has 29 heavy (non-hydrogen) atoms. The molecule has 160 valence electrons. The summed E-state index contributed by atoms with van der Waals surface area (Å²) in [6.45, 7) is 6.59. The van der Waals surface area contributed by atoms with E-state index in [0.717, 1.165) is 54.4 Å². The molecule has 1 heterocycles. The second-order valence-corrected chi connectivity index (χ2v) is 8.16. The van der Waals surface area contributed by atoms with E-state index in [1.807, 2.05) is 18.2 Å². The van der Waals surface area contributed by atoms with Crippen LogP contribution in [0.15, 0.2) is 24.3 Å². The minimum absolute atomic E-state index is 0.140. The molecule has 0 aliphatic carbocycles. The van der Waals surface area contributed by atoms with Crippen molar-refractivity contribution in [2.24, 2.45) is 0 Å². The first-order chi connectivity index (χ1) is 14.2. The molecule has 1 aromatic carbocycles. The van der Waals surface area contributed by atoms with Crippen LogP contribution >= 0.6 is 0 Å². The first-order valence-electron chi connectivity index (χ1n) is 11.9. The highest BCUT2D eigenvalue weighted by Gasteiger charge is 2.15. The third kappa shape index (κ3) is 7.45. The van der Waals surface area contributed by atoms with Gasteiger partial charge in [-0.1, -0.05) is 96.8 Å². The van der Waals surface area contributed by atoms with Crippen LogP contribution in [-0.2, 0) is 17.6 Å². The van der Waals surface area contributed by atoms with Gasteiger partial charge in [0, 0.05) is 17.5 Å². The average molecular weight is 397 g/mol. The lowest BCUT2D eigenvalue weighted by Gasteiger charge is -2.17. The quantitative estimate of drug-likeness (QED) is 0.334. The number of nitrogens with one attached hydrogen (secondary N) is 1. The van der Waals surface area contributed by atoms with E-state index < -0.39 is 0 Å². The monoisotopic (exact) mass is 396 g/mol. The normalized spacial score (nSPS) is 11.1. The molecule has 0 aliphatic rings. The lowest BCUT2D eigenvalue weighted by molar-refractivity contribution is -0.116. The molecule has 1 N–H and O–H groups in total. The fourth-order valence-corrected chi connectivity index (χ4v) is 4.07. The number of nitrogens with zero attached hydrogens (tertiary/aromatic N) is 1. The number of benzene rings is 1. The minimum Gasteiger partial charge on any atom is -0.325 e. The molecule has 0 atom stereocenters. The van der Waals surface area contributed by atoms with Crippen molar-refractivity contribution in [2.45, 2.75) is 104 Å². The van der Waals surface area contributed by atoms with Crippen molar-refractivity contribution in [3.8, 4) is 0 Å². The Bertz CT molecular complexity index is 754. The number of unbranched alkanes of at least 4 members (excludes halogenated alkanes) is 8. The van der Waals surface area contributed by atoms with Crippen molar-refractivity contribution in [2.75, 3.05) is 5.32 Å². The zero-order chi connectivity index (χ0) is 20.9. The summed E-state index contributed by atoms with van der Waals surface area (Å²) < 4.78 is 0. The van der Waals surface area contributed by atoms with Gasteiger partial charge in [-0.25, -0.2) is 0 Å². The van der Waals surface area contributed by atoms with E-state index in [4.69, 9.17) is 4.98 Å². The van der Waals surface area contributed by atoms with Crippen LogP contribution < -0.4 is 5.32 Å². The molecule has 1 aromatic heterocycles. The van der Waals surface area contributed by atoms with Crippen LogP contribution in [0.4, 0.5) is 5.69 Å². The molecular weight excluding hydrogens is 356 g/mol. The molecule has 0 fully saturated rings. The van der Waals surface area contributed by atoms with Gasteiger partial charge in [0.05, 0.1) is 11.2 Å². The number of hydrogen-bond acceptors (Lipinski definition) is 2. The Balaban J connectivity index is 1.90. The SMILES string of the molecule is CCCCCCCCCCCC(=O)Nc1c(CC)c(CCC)nc2ccccc12. The molecule has 0 spiro atoms. The second-order valence-electron chi connectivity index (χ2n) is 8.16.